The first-order chi connectivity index (χ1) is 13.6. The average molecular weight is 387 g/mol. The molecular formula is C22H29NO5. The van der Waals surface area contributed by atoms with E-state index in [4.69, 9.17) is 23.7 Å². The molecule has 1 heterocycles. The van der Waals surface area contributed by atoms with E-state index in [9.17, 15) is 0 Å². The lowest BCUT2D eigenvalue weighted by molar-refractivity contribution is 0.323. The van der Waals surface area contributed by atoms with E-state index < -0.39 is 0 Å². The van der Waals surface area contributed by atoms with Gasteiger partial charge in [0.15, 0.2) is 23.0 Å². The molecule has 152 valence electrons. The molecule has 3 rings (SSSR count). The number of nitrogens with one attached hydrogen (secondary N) is 1. The molecule has 1 aliphatic rings. The van der Waals surface area contributed by atoms with Crippen molar-refractivity contribution in [3.8, 4) is 28.7 Å². The van der Waals surface area contributed by atoms with E-state index in [-0.39, 0.29) is 6.04 Å². The molecule has 0 bridgehead atoms. The second-order valence-corrected chi connectivity index (χ2v) is 6.75. The summed E-state index contributed by atoms with van der Waals surface area (Å²) < 4.78 is 27.5. The molecule has 2 aromatic rings. The zero-order valence-corrected chi connectivity index (χ0v) is 17.3. The van der Waals surface area contributed by atoms with Crippen molar-refractivity contribution in [3.05, 3.63) is 41.0 Å². The highest BCUT2D eigenvalue weighted by Crippen LogP contribution is 2.40. The summed E-state index contributed by atoms with van der Waals surface area (Å²) in [6.07, 6.45) is 2.88. The van der Waals surface area contributed by atoms with Crippen LogP contribution in [-0.4, -0.2) is 42.1 Å². The maximum atomic E-state index is 5.54. The van der Waals surface area contributed by atoms with E-state index in [2.05, 4.69) is 17.4 Å². The molecule has 0 saturated heterocycles. The van der Waals surface area contributed by atoms with Crippen LogP contribution in [0.2, 0.25) is 0 Å². The van der Waals surface area contributed by atoms with Crippen molar-refractivity contribution in [1.29, 1.82) is 0 Å². The number of rotatable bonds is 7. The minimum atomic E-state index is 0.153. The lowest BCUT2D eigenvalue weighted by Gasteiger charge is -2.22. The van der Waals surface area contributed by atoms with Gasteiger partial charge in [-0.25, -0.2) is 0 Å². The highest BCUT2D eigenvalue weighted by atomic mass is 16.5. The molecule has 1 unspecified atom stereocenters. The Hall–Kier alpha value is -2.60. The molecule has 0 fully saturated rings. The molecule has 0 aliphatic carbocycles. The van der Waals surface area contributed by atoms with Gasteiger partial charge in [0, 0.05) is 6.04 Å². The molecule has 0 aromatic heterocycles. The van der Waals surface area contributed by atoms with Crippen molar-refractivity contribution in [2.45, 2.75) is 25.3 Å². The Morgan fingerprint density at radius 2 is 1.39 bits per heavy atom. The molecule has 6 nitrogen and oxygen atoms in total. The van der Waals surface area contributed by atoms with Gasteiger partial charge in [0.2, 0.25) is 5.75 Å². The standard InChI is InChI=1S/C22H29NO5/c1-24-18-12-15-7-6-8-23-17(16(15)13-19(18)25-2)9-14-10-20(26-3)22(28-5)21(11-14)27-4/h10-13,17,23H,6-9H2,1-5H3. The Kier molecular flexibility index (Phi) is 6.52. The van der Waals surface area contributed by atoms with E-state index in [1.807, 2.05) is 12.1 Å². The summed E-state index contributed by atoms with van der Waals surface area (Å²) in [5.74, 6) is 3.46. The van der Waals surface area contributed by atoms with Gasteiger partial charge in [-0.1, -0.05) is 0 Å². The number of fused-ring (bicyclic) bond motifs is 1. The summed E-state index contributed by atoms with van der Waals surface area (Å²) in [5, 5.41) is 3.67. The van der Waals surface area contributed by atoms with Gasteiger partial charge in [-0.05, 0) is 66.8 Å². The van der Waals surface area contributed by atoms with Crippen LogP contribution in [0.4, 0.5) is 0 Å². The monoisotopic (exact) mass is 387 g/mol. The Bertz CT molecular complexity index is 796. The summed E-state index contributed by atoms with van der Waals surface area (Å²) in [4.78, 5) is 0. The molecule has 2 aromatic carbocycles. The molecule has 0 spiro atoms. The van der Waals surface area contributed by atoms with Gasteiger partial charge in [0.25, 0.3) is 0 Å². The van der Waals surface area contributed by atoms with E-state index in [1.165, 1.54) is 11.1 Å². The minimum Gasteiger partial charge on any atom is -0.493 e. The van der Waals surface area contributed by atoms with E-state index in [0.717, 1.165) is 42.9 Å². The fraction of sp³-hybridized carbons (Fsp3) is 0.455. The Labute approximate surface area is 166 Å². The maximum absolute atomic E-state index is 5.54. The van der Waals surface area contributed by atoms with Crippen LogP contribution in [-0.2, 0) is 12.8 Å². The predicted molar refractivity (Wildman–Crippen MR) is 108 cm³/mol. The van der Waals surface area contributed by atoms with Crippen molar-refractivity contribution in [2.75, 3.05) is 42.1 Å². The van der Waals surface area contributed by atoms with E-state index in [1.54, 1.807) is 35.5 Å². The first kappa shape index (κ1) is 20.1. The third-order valence-corrected chi connectivity index (χ3v) is 5.20. The van der Waals surface area contributed by atoms with Gasteiger partial charge >= 0.3 is 0 Å². The number of hydrogen-bond donors (Lipinski definition) is 1. The first-order valence-electron chi connectivity index (χ1n) is 9.42. The summed E-state index contributed by atoms with van der Waals surface area (Å²) in [7, 11) is 8.23. The van der Waals surface area contributed by atoms with Crippen molar-refractivity contribution in [1.82, 2.24) is 5.32 Å². The van der Waals surface area contributed by atoms with Gasteiger partial charge in [0.1, 0.15) is 0 Å². The smallest absolute Gasteiger partial charge is 0.203 e. The van der Waals surface area contributed by atoms with Crippen LogP contribution in [0.3, 0.4) is 0 Å². The van der Waals surface area contributed by atoms with Crippen LogP contribution in [0.5, 0.6) is 28.7 Å². The van der Waals surface area contributed by atoms with Crippen molar-refractivity contribution in [2.24, 2.45) is 0 Å². The third kappa shape index (κ3) is 3.97. The van der Waals surface area contributed by atoms with E-state index >= 15 is 0 Å². The van der Waals surface area contributed by atoms with Crippen molar-refractivity contribution >= 4 is 0 Å². The Balaban J connectivity index is 1.99. The van der Waals surface area contributed by atoms with Crippen molar-refractivity contribution < 1.29 is 23.7 Å². The van der Waals surface area contributed by atoms with Crippen LogP contribution < -0.4 is 29.0 Å². The van der Waals surface area contributed by atoms with Crippen LogP contribution in [0, 0.1) is 0 Å². The first-order valence-corrected chi connectivity index (χ1v) is 9.42. The van der Waals surface area contributed by atoms with Crippen LogP contribution >= 0.6 is 0 Å². The third-order valence-electron chi connectivity index (χ3n) is 5.20. The fourth-order valence-electron chi connectivity index (χ4n) is 3.81. The molecule has 1 atom stereocenters. The molecule has 0 amide bonds. The summed E-state index contributed by atoms with van der Waals surface area (Å²) >= 11 is 0. The van der Waals surface area contributed by atoms with Gasteiger partial charge < -0.3 is 29.0 Å². The van der Waals surface area contributed by atoms with Crippen LogP contribution in [0.1, 0.15) is 29.2 Å². The second-order valence-electron chi connectivity index (χ2n) is 6.75. The largest absolute Gasteiger partial charge is 0.493 e. The zero-order valence-electron chi connectivity index (χ0n) is 17.3. The van der Waals surface area contributed by atoms with E-state index in [0.29, 0.717) is 17.2 Å². The highest BCUT2D eigenvalue weighted by molar-refractivity contribution is 5.54. The molecule has 0 saturated carbocycles. The molecule has 28 heavy (non-hydrogen) atoms. The summed E-state index contributed by atoms with van der Waals surface area (Å²) in [6.45, 7) is 0.953. The van der Waals surface area contributed by atoms with Gasteiger partial charge in [-0.15, -0.1) is 0 Å². The molecule has 1 aliphatic heterocycles. The number of aryl methyl sites for hydroxylation is 1. The molecule has 1 N–H and O–H groups in total. The van der Waals surface area contributed by atoms with Crippen LogP contribution in [0.25, 0.3) is 0 Å². The number of ether oxygens (including phenoxy) is 5. The minimum absolute atomic E-state index is 0.153. The van der Waals surface area contributed by atoms with Crippen molar-refractivity contribution in [3.63, 3.8) is 0 Å². The number of methoxy groups -OCH3 is 5. The van der Waals surface area contributed by atoms with Gasteiger partial charge in [0.05, 0.1) is 35.5 Å². The Morgan fingerprint density at radius 1 is 0.786 bits per heavy atom. The fourth-order valence-corrected chi connectivity index (χ4v) is 3.81. The van der Waals surface area contributed by atoms with Gasteiger partial charge in [-0.2, -0.15) is 0 Å². The summed E-state index contributed by atoms with van der Waals surface area (Å²) in [5.41, 5.74) is 3.64. The SMILES string of the molecule is COc1cc2c(cc1OC)C(Cc1cc(OC)c(OC)c(OC)c1)NCCC2. The highest BCUT2D eigenvalue weighted by Gasteiger charge is 2.23. The second kappa shape index (κ2) is 9.06. The topological polar surface area (TPSA) is 58.2 Å². The quantitative estimate of drug-likeness (QED) is 0.784. The molecule has 0 radical (unpaired) electrons. The normalized spacial score (nSPS) is 16.0. The Morgan fingerprint density at radius 3 is 1.96 bits per heavy atom. The van der Waals surface area contributed by atoms with Crippen LogP contribution in [0.15, 0.2) is 24.3 Å². The predicted octanol–water partition coefficient (Wildman–Crippen LogP) is 3.55. The number of hydrogen-bond acceptors (Lipinski definition) is 6. The molecular weight excluding hydrogens is 358 g/mol. The number of benzene rings is 2. The average Bonchev–Trinajstić information content (AvgIpc) is 2.93. The molecule has 6 heteroatoms. The van der Waals surface area contributed by atoms with Gasteiger partial charge in [-0.3, -0.25) is 0 Å². The zero-order chi connectivity index (χ0) is 20.1. The lowest BCUT2D eigenvalue weighted by Crippen LogP contribution is -2.23. The summed E-state index contributed by atoms with van der Waals surface area (Å²) in [6, 6.07) is 8.36. The lowest BCUT2D eigenvalue weighted by atomic mass is 9.93. The maximum Gasteiger partial charge on any atom is 0.203 e.